The second-order valence-corrected chi connectivity index (χ2v) is 9.81. The molecule has 0 bridgehead atoms. The summed E-state index contributed by atoms with van der Waals surface area (Å²) in [5.41, 5.74) is 2.62. The number of thioether (sulfide) groups is 1. The van der Waals surface area contributed by atoms with Gasteiger partial charge in [-0.25, -0.2) is 0 Å². The van der Waals surface area contributed by atoms with E-state index in [0.717, 1.165) is 71.0 Å². The van der Waals surface area contributed by atoms with E-state index in [-0.39, 0.29) is 28.7 Å². The Labute approximate surface area is 207 Å². The van der Waals surface area contributed by atoms with Crippen LogP contribution in [0.4, 0.5) is 5.69 Å². The van der Waals surface area contributed by atoms with Crippen molar-refractivity contribution in [1.29, 1.82) is 0 Å². The molecule has 1 aromatic rings. The zero-order chi connectivity index (χ0) is 21.0. The number of rotatable bonds is 6. The molecule has 1 unspecified atom stereocenters. The van der Waals surface area contributed by atoms with E-state index in [9.17, 15) is 4.79 Å². The van der Waals surface area contributed by atoms with Crippen LogP contribution < -0.4 is 10.2 Å². The van der Waals surface area contributed by atoms with Crippen molar-refractivity contribution in [3.63, 3.8) is 0 Å². The zero-order valence-corrected chi connectivity index (χ0v) is 21.8. The molecule has 0 radical (unpaired) electrons. The van der Waals surface area contributed by atoms with Gasteiger partial charge in [-0.15, -0.1) is 24.0 Å². The van der Waals surface area contributed by atoms with Crippen LogP contribution in [0, 0.1) is 0 Å². The zero-order valence-electron chi connectivity index (χ0n) is 18.6. The summed E-state index contributed by atoms with van der Waals surface area (Å²) >= 11 is 1.94. The van der Waals surface area contributed by atoms with Gasteiger partial charge in [0.15, 0.2) is 5.96 Å². The van der Waals surface area contributed by atoms with Crippen LogP contribution in [0.5, 0.6) is 0 Å². The number of halogens is 1. The Morgan fingerprint density at radius 2 is 2.10 bits per heavy atom. The first kappa shape index (κ1) is 24.6. The molecular weight excluding hydrogens is 523 g/mol. The van der Waals surface area contributed by atoms with E-state index in [1.54, 1.807) is 0 Å². The lowest BCUT2D eigenvalue weighted by atomic mass is 9.98. The summed E-state index contributed by atoms with van der Waals surface area (Å²) in [7, 11) is 1.87. The lowest BCUT2D eigenvalue weighted by Gasteiger charge is -2.37. The molecule has 8 heteroatoms. The van der Waals surface area contributed by atoms with E-state index in [4.69, 9.17) is 4.74 Å². The minimum atomic E-state index is 0. The number of benzene rings is 1. The van der Waals surface area contributed by atoms with Crippen LogP contribution in [0.2, 0.25) is 0 Å². The second-order valence-electron chi connectivity index (χ2n) is 8.54. The molecule has 3 heterocycles. The smallest absolute Gasteiger partial charge is 0.222 e. The molecule has 1 atom stereocenters. The number of anilines is 1. The van der Waals surface area contributed by atoms with Crippen LogP contribution in [0.15, 0.2) is 29.3 Å². The molecule has 0 spiro atoms. The van der Waals surface area contributed by atoms with E-state index in [1.165, 1.54) is 11.3 Å². The number of para-hydroxylation sites is 1. The minimum absolute atomic E-state index is 0. The summed E-state index contributed by atoms with van der Waals surface area (Å²) in [4.78, 5) is 21.0. The highest BCUT2D eigenvalue weighted by Crippen LogP contribution is 2.39. The minimum Gasteiger partial charge on any atom is -0.381 e. The molecule has 3 aliphatic rings. The maximum atomic E-state index is 12.0. The van der Waals surface area contributed by atoms with Crippen molar-refractivity contribution in [2.45, 2.75) is 42.8 Å². The lowest BCUT2D eigenvalue weighted by molar-refractivity contribution is -0.127. The number of hydrogen-bond donors (Lipinski definition) is 1. The summed E-state index contributed by atoms with van der Waals surface area (Å²) in [5.74, 6) is 1.68. The maximum absolute atomic E-state index is 12.0. The topological polar surface area (TPSA) is 57.2 Å². The van der Waals surface area contributed by atoms with E-state index in [1.807, 2.05) is 23.7 Å². The van der Waals surface area contributed by atoms with Crippen molar-refractivity contribution in [2.24, 2.45) is 4.99 Å². The Hall–Kier alpha value is -1.000. The molecule has 0 aliphatic carbocycles. The quantitative estimate of drug-likeness (QED) is 0.328. The fourth-order valence-corrected chi connectivity index (χ4v) is 5.72. The second kappa shape index (κ2) is 11.2. The van der Waals surface area contributed by atoms with Gasteiger partial charge in [0, 0.05) is 69.2 Å². The highest BCUT2D eigenvalue weighted by molar-refractivity contribution is 14.0. The van der Waals surface area contributed by atoms with Gasteiger partial charge in [-0.1, -0.05) is 18.2 Å². The number of carbonyl (C=O) groups is 1. The molecular formula is C23H35IN4O2S. The van der Waals surface area contributed by atoms with Gasteiger partial charge in [0.2, 0.25) is 5.91 Å². The number of guanidine groups is 1. The Morgan fingerprint density at radius 1 is 1.32 bits per heavy atom. The molecule has 2 saturated heterocycles. The monoisotopic (exact) mass is 558 g/mol. The van der Waals surface area contributed by atoms with Crippen molar-refractivity contribution < 1.29 is 9.53 Å². The van der Waals surface area contributed by atoms with Gasteiger partial charge in [0.1, 0.15) is 0 Å². The lowest BCUT2D eigenvalue weighted by Crippen LogP contribution is -2.49. The van der Waals surface area contributed by atoms with Gasteiger partial charge in [-0.05, 0) is 43.6 Å². The molecule has 1 aromatic carbocycles. The van der Waals surface area contributed by atoms with Crippen molar-refractivity contribution in [3.05, 3.63) is 29.8 Å². The molecule has 172 valence electrons. The summed E-state index contributed by atoms with van der Waals surface area (Å²) in [6.45, 7) is 5.26. The van der Waals surface area contributed by atoms with Gasteiger partial charge in [-0.2, -0.15) is 11.8 Å². The number of nitrogens with zero attached hydrogens (tertiary/aromatic N) is 3. The molecule has 4 rings (SSSR count). The molecule has 1 amide bonds. The van der Waals surface area contributed by atoms with Crippen LogP contribution in [0.1, 0.15) is 43.6 Å². The average molecular weight is 559 g/mol. The van der Waals surface area contributed by atoms with E-state index < -0.39 is 0 Å². The molecule has 2 fully saturated rings. The molecule has 0 aromatic heterocycles. The Balaban J connectivity index is 0.00000272. The summed E-state index contributed by atoms with van der Waals surface area (Å²) in [6, 6.07) is 8.66. The van der Waals surface area contributed by atoms with Gasteiger partial charge in [0.05, 0.1) is 0 Å². The number of fused-ring (bicyclic) bond motifs is 1. The van der Waals surface area contributed by atoms with Crippen molar-refractivity contribution in [2.75, 3.05) is 57.6 Å². The van der Waals surface area contributed by atoms with Crippen LogP contribution in [-0.2, 0) is 9.53 Å². The predicted octanol–water partition coefficient (Wildman–Crippen LogP) is 3.71. The largest absolute Gasteiger partial charge is 0.381 e. The van der Waals surface area contributed by atoms with Crippen molar-refractivity contribution in [3.8, 4) is 0 Å². The average Bonchev–Trinajstić information content (AvgIpc) is 3.37. The summed E-state index contributed by atoms with van der Waals surface area (Å²) in [5, 5.41) is 3.67. The molecule has 0 saturated carbocycles. The summed E-state index contributed by atoms with van der Waals surface area (Å²) < 4.78 is 5.80. The molecule has 31 heavy (non-hydrogen) atoms. The number of hydrogen-bond acceptors (Lipinski definition) is 4. The third kappa shape index (κ3) is 5.50. The van der Waals surface area contributed by atoms with Crippen LogP contribution in [0.3, 0.4) is 0 Å². The Bertz CT molecular complexity index is 785. The van der Waals surface area contributed by atoms with Crippen LogP contribution in [-0.4, -0.2) is 74.2 Å². The number of amides is 1. The fraction of sp³-hybridized carbons (Fsp3) is 0.652. The molecule has 3 aliphatic heterocycles. The van der Waals surface area contributed by atoms with Crippen LogP contribution in [0.25, 0.3) is 0 Å². The number of carbonyl (C=O) groups excluding carboxylic acids is 1. The first-order valence-electron chi connectivity index (χ1n) is 11.1. The Kier molecular flexibility index (Phi) is 8.92. The van der Waals surface area contributed by atoms with E-state index in [0.29, 0.717) is 18.2 Å². The normalized spacial score (nSPS) is 23.0. The van der Waals surface area contributed by atoms with E-state index >= 15 is 0 Å². The first-order valence-corrected chi connectivity index (χ1v) is 12.4. The van der Waals surface area contributed by atoms with Gasteiger partial charge >= 0.3 is 0 Å². The fourth-order valence-electron chi connectivity index (χ4n) is 4.93. The summed E-state index contributed by atoms with van der Waals surface area (Å²) in [6.07, 6.45) is 7.07. The molecule has 1 N–H and O–H groups in total. The number of likely N-dealkylation sites (tertiary alicyclic amines) is 1. The maximum Gasteiger partial charge on any atom is 0.222 e. The van der Waals surface area contributed by atoms with Gasteiger partial charge in [0.25, 0.3) is 0 Å². The van der Waals surface area contributed by atoms with Crippen molar-refractivity contribution in [1.82, 2.24) is 10.2 Å². The first-order chi connectivity index (χ1) is 14.7. The van der Waals surface area contributed by atoms with Gasteiger partial charge < -0.3 is 19.9 Å². The van der Waals surface area contributed by atoms with Gasteiger partial charge in [-0.3, -0.25) is 9.79 Å². The number of nitrogens with one attached hydrogen (secondary N) is 1. The third-order valence-electron chi connectivity index (χ3n) is 6.86. The van der Waals surface area contributed by atoms with E-state index in [2.05, 4.69) is 45.7 Å². The highest BCUT2D eigenvalue weighted by Gasteiger charge is 2.35. The predicted molar refractivity (Wildman–Crippen MR) is 140 cm³/mol. The third-order valence-corrected chi connectivity index (χ3v) is 8.28. The van der Waals surface area contributed by atoms with Crippen LogP contribution >= 0.6 is 35.7 Å². The molecule has 6 nitrogen and oxygen atoms in total. The number of aliphatic imine (C=N–C) groups is 1. The highest BCUT2D eigenvalue weighted by atomic mass is 127. The number of ether oxygens (including phenoxy) is 1. The SMILES string of the molecule is CN=C(NCC1(SC)CCOCC1)N1CC(CCN2CCCC2=O)c2ccccc21.I. The van der Waals surface area contributed by atoms with Crippen molar-refractivity contribution >= 4 is 53.3 Å². The Morgan fingerprint density at radius 3 is 2.77 bits per heavy atom. The standard InChI is InChI=1S/C23H34N4O2S.HI/c1-24-22(25-17-23(30-2)10-14-29-15-11-23)27-16-18(19-6-3-4-7-20(19)27)9-13-26-12-5-8-21(26)28;/h3-4,6-7,18H,5,8-17H2,1-2H3,(H,24,25);1H.